The molecule has 1 atom stereocenters. The highest BCUT2D eigenvalue weighted by Gasteiger charge is 2.21. The van der Waals surface area contributed by atoms with Crippen molar-refractivity contribution in [1.29, 1.82) is 0 Å². The average Bonchev–Trinajstić information content (AvgIpc) is 2.66. The highest BCUT2D eigenvalue weighted by atomic mass is 16.6. The van der Waals surface area contributed by atoms with Gasteiger partial charge in [0.15, 0.2) is 11.5 Å². The number of ether oxygens (including phenoxy) is 4. The summed E-state index contributed by atoms with van der Waals surface area (Å²) in [5, 5.41) is 2.84. The third-order valence-electron chi connectivity index (χ3n) is 3.59. The van der Waals surface area contributed by atoms with Gasteiger partial charge in [-0.05, 0) is 18.2 Å². The van der Waals surface area contributed by atoms with Crippen LogP contribution in [0.3, 0.4) is 0 Å². The summed E-state index contributed by atoms with van der Waals surface area (Å²) < 4.78 is 21.8. The number of benzene rings is 1. The summed E-state index contributed by atoms with van der Waals surface area (Å²) in [5.74, 6) is 1.57. The van der Waals surface area contributed by atoms with Gasteiger partial charge in [-0.3, -0.25) is 4.79 Å². The Morgan fingerprint density at radius 2 is 2.12 bits per heavy atom. The van der Waals surface area contributed by atoms with Crippen LogP contribution >= 0.6 is 0 Å². The number of carbonyl (C=O) groups excluding carboxylic acids is 1. The molecule has 0 fully saturated rings. The molecule has 1 aromatic heterocycles. The van der Waals surface area contributed by atoms with Gasteiger partial charge in [-0.2, -0.15) is 0 Å². The Morgan fingerprint density at radius 3 is 2.96 bits per heavy atom. The molecular weight excluding hydrogens is 324 g/mol. The van der Waals surface area contributed by atoms with E-state index < -0.39 is 0 Å². The number of methoxy groups -OCH3 is 1. The molecule has 1 aromatic carbocycles. The number of amides is 1. The zero-order valence-corrected chi connectivity index (χ0v) is 13.9. The van der Waals surface area contributed by atoms with Crippen LogP contribution in [0.2, 0.25) is 0 Å². The number of fused-ring (bicyclic) bond motifs is 1. The number of aromatic nitrogens is 1. The van der Waals surface area contributed by atoms with Gasteiger partial charge >= 0.3 is 0 Å². The van der Waals surface area contributed by atoms with Crippen LogP contribution in [0.5, 0.6) is 17.4 Å². The van der Waals surface area contributed by atoms with Gasteiger partial charge in [-0.15, -0.1) is 0 Å². The molecule has 0 aliphatic carbocycles. The van der Waals surface area contributed by atoms with E-state index in [1.807, 2.05) is 24.3 Å². The van der Waals surface area contributed by atoms with Crippen LogP contribution in [0.4, 0.5) is 0 Å². The lowest BCUT2D eigenvalue weighted by atomic mass is 10.2. The number of para-hydroxylation sites is 2. The van der Waals surface area contributed by atoms with Crippen LogP contribution in [-0.2, 0) is 4.74 Å². The van der Waals surface area contributed by atoms with Crippen molar-refractivity contribution in [3.63, 3.8) is 0 Å². The van der Waals surface area contributed by atoms with Crippen molar-refractivity contribution in [3.8, 4) is 17.4 Å². The fraction of sp³-hybridized carbons (Fsp3) is 0.333. The standard InChI is InChI=1S/C18H20N2O5/c1-22-8-9-23-17-10-13(6-7-19-17)18(21)20-11-14-12-24-15-4-2-3-5-16(15)25-14/h2-7,10,14H,8-9,11-12H2,1H3,(H,20,21). The van der Waals surface area contributed by atoms with Crippen LogP contribution in [0.25, 0.3) is 0 Å². The maximum absolute atomic E-state index is 12.3. The molecule has 2 heterocycles. The minimum absolute atomic E-state index is 0.221. The summed E-state index contributed by atoms with van der Waals surface area (Å²) >= 11 is 0. The van der Waals surface area contributed by atoms with Gasteiger partial charge in [0.2, 0.25) is 5.88 Å². The van der Waals surface area contributed by atoms with Crippen molar-refractivity contribution in [2.45, 2.75) is 6.10 Å². The van der Waals surface area contributed by atoms with Crippen molar-refractivity contribution < 1.29 is 23.7 Å². The lowest BCUT2D eigenvalue weighted by molar-refractivity contribution is 0.0789. The van der Waals surface area contributed by atoms with Gasteiger partial charge in [0.25, 0.3) is 5.91 Å². The fourth-order valence-electron chi connectivity index (χ4n) is 2.33. The first-order chi connectivity index (χ1) is 12.3. The number of nitrogens with one attached hydrogen (secondary N) is 1. The molecule has 1 unspecified atom stereocenters. The first kappa shape index (κ1) is 17.0. The molecule has 0 saturated carbocycles. The highest BCUT2D eigenvalue weighted by molar-refractivity contribution is 5.94. The Bertz CT molecular complexity index is 722. The molecule has 0 bridgehead atoms. The summed E-state index contributed by atoms with van der Waals surface area (Å²) in [4.78, 5) is 16.4. The van der Waals surface area contributed by atoms with Gasteiger partial charge in [-0.25, -0.2) is 4.98 Å². The third-order valence-corrected chi connectivity index (χ3v) is 3.59. The van der Waals surface area contributed by atoms with E-state index in [4.69, 9.17) is 18.9 Å². The van der Waals surface area contributed by atoms with Crippen molar-refractivity contribution in [3.05, 3.63) is 48.2 Å². The van der Waals surface area contributed by atoms with E-state index in [2.05, 4.69) is 10.3 Å². The third kappa shape index (κ3) is 4.60. The van der Waals surface area contributed by atoms with E-state index in [1.54, 1.807) is 19.2 Å². The van der Waals surface area contributed by atoms with E-state index >= 15 is 0 Å². The lowest BCUT2D eigenvalue weighted by Gasteiger charge is -2.26. The summed E-state index contributed by atoms with van der Waals surface area (Å²) in [6.45, 7) is 1.56. The molecule has 2 aromatic rings. The van der Waals surface area contributed by atoms with Crippen LogP contribution in [0.15, 0.2) is 42.6 Å². The quantitative estimate of drug-likeness (QED) is 0.770. The second-order valence-electron chi connectivity index (χ2n) is 5.43. The molecule has 0 radical (unpaired) electrons. The van der Waals surface area contributed by atoms with E-state index in [0.717, 1.165) is 5.75 Å². The zero-order valence-electron chi connectivity index (χ0n) is 13.9. The van der Waals surface area contributed by atoms with Gasteiger partial charge in [-0.1, -0.05) is 12.1 Å². The Balaban J connectivity index is 1.52. The number of hydrogen-bond donors (Lipinski definition) is 1. The maximum Gasteiger partial charge on any atom is 0.251 e. The Hall–Kier alpha value is -2.80. The fourth-order valence-corrected chi connectivity index (χ4v) is 2.33. The van der Waals surface area contributed by atoms with Crippen LogP contribution in [0.1, 0.15) is 10.4 Å². The zero-order chi connectivity index (χ0) is 17.5. The molecule has 0 saturated heterocycles. The van der Waals surface area contributed by atoms with E-state index in [9.17, 15) is 4.79 Å². The van der Waals surface area contributed by atoms with Crippen LogP contribution in [-0.4, -0.2) is 50.5 Å². The van der Waals surface area contributed by atoms with Crippen molar-refractivity contribution >= 4 is 5.91 Å². The first-order valence-electron chi connectivity index (χ1n) is 8.01. The van der Waals surface area contributed by atoms with Gasteiger partial charge < -0.3 is 24.3 Å². The molecular formula is C18H20N2O5. The molecule has 1 aliphatic rings. The van der Waals surface area contributed by atoms with Gasteiger partial charge in [0.05, 0.1) is 13.2 Å². The Kier molecular flexibility index (Phi) is 5.69. The van der Waals surface area contributed by atoms with Crippen molar-refractivity contribution in [2.24, 2.45) is 0 Å². The summed E-state index contributed by atoms with van der Waals surface area (Å²) in [5.41, 5.74) is 0.472. The van der Waals surface area contributed by atoms with Gasteiger partial charge in [0, 0.05) is 24.9 Å². The van der Waals surface area contributed by atoms with E-state index in [0.29, 0.717) is 43.6 Å². The molecule has 7 nitrogen and oxygen atoms in total. The minimum Gasteiger partial charge on any atom is -0.486 e. The van der Waals surface area contributed by atoms with E-state index in [-0.39, 0.29) is 12.0 Å². The van der Waals surface area contributed by atoms with Crippen molar-refractivity contribution in [1.82, 2.24) is 10.3 Å². The topological polar surface area (TPSA) is 78.9 Å². The molecule has 0 spiro atoms. The molecule has 25 heavy (non-hydrogen) atoms. The molecule has 132 valence electrons. The minimum atomic E-state index is -0.238. The number of pyridine rings is 1. The normalized spacial score (nSPS) is 15.5. The molecule has 1 N–H and O–H groups in total. The highest BCUT2D eigenvalue weighted by Crippen LogP contribution is 2.30. The molecule has 3 rings (SSSR count). The number of nitrogens with zero attached hydrogens (tertiary/aromatic N) is 1. The predicted molar refractivity (Wildman–Crippen MR) is 90.3 cm³/mol. The van der Waals surface area contributed by atoms with Gasteiger partial charge in [0.1, 0.15) is 19.3 Å². The summed E-state index contributed by atoms with van der Waals surface area (Å²) in [6, 6.07) is 10.7. The summed E-state index contributed by atoms with van der Waals surface area (Å²) in [6.07, 6.45) is 1.30. The second-order valence-corrected chi connectivity index (χ2v) is 5.43. The molecule has 1 amide bonds. The van der Waals surface area contributed by atoms with Crippen LogP contribution in [0, 0.1) is 0 Å². The lowest BCUT2D eigenvalue weighted by Crippen LogP contribution is -2.40. The average molecular weight is 344 g/mol. The Labute approximate surface area is 145 Å². The maximum atomic E-state index is 12.3. The molecule has 1 aliphatic heterocycles. The second kappa shape index (κ2) is 8.34. The number of rotatable bonds is 7. The van der Waals surface area contributed by atoms with Crippen molar-refractivity contribution in [2.75, 3.05) is 33.5 Å². The van der Waals surface area contributed by atoms with Crippen LogP contribution < -0.4 is 19.5 Å². The predicted octanol–water partition coefficient (Wildman–Crippen LogP) is 1.68. The first-order valence-corrected chi connectivity index (χ1v) is 8.01. The smallest absolute Gasteiger partial charge is 0.251 e. The SMILES string of the molecule is COCCOc1cc(C(=O)NCC2COc3ccccc3O2)ccn1. The monoisotopic (exact) mass is 344 g/mol. The molecule has 7 heteroatoms. The Morgan fingerprint density at radius 1 is 1.28 bits per heavy atom. The van der Waals surface area contributed by atoms with E-state index in [1.165, 1.54) is 6.20 Å². The number of hydrogen-bond acceptors (Lipinski definition) is 6. The summed E-state index contributed by atoms with van der Waals surface area (Å²) in [7, 11) is 1.59. The number of carbonyl (C=O) groups is 1. The largest absolute Gasteiger partial charge is 0.486 e.